The van der Waals surface area contributed by atoms with E-state index in [-0.39, 0.29) is 30.2 Å². The number of ether oxygens (including phenoxy) is 2. The van der Waals surface area contributed by atoms with Crippen molar-refractivity contribution < 1.29 is 39.0 Å². The highest BCUT2D eigenvalue weighted by Gasteiger charge is 2.27. The number of benzene rings is 6. The number of hydroxylamine groups is 2. The largest absolute Gasteiger partial charge is 0.489 e. The zero-order valence-corrected chi connectivity index (χ0v) is 42.8. The third-order valence-corrected chi connectivity index (χ3v) is 12.1. The number of aromatic nitrogens is 2. The molecule has 5 N–H and O–H groups in total. The molecule has 1 aliphatic heterocycles. The van der Waals surface area contributed by atoms with Gasteiger partial charge in [-0.2, -0.15) is 5.06 Å². The van der Waals surface area contributed by atoms with Gasteiger partial charge in [0.05, 0.1) is 23.9 Å². The molecule has 3 heterocycles. The first-order chi connectivity index (χ1) is 36.6. The fraction of sp³-hybridized carbons (Fsp3) is 0.258. The van der Waals surface area contributed by atoms with Gasteiger partial charge in [-0.05, 0) is 100 Å². The molecule has 75 heavy (non-hydrogen) atoms. The first-order valence-corrected chi connectivity index (χ1v) is 25.6. The fourth-order valence-electron chi connectivity index (χ4n) is 8.24. The molecular formula is C62H67N5O8. The fourth-order valence-corrected chi connectivity index (χ4v) is 8.24. The van der Waals surface area contributed by atoms with E-state index >= 15 is 0 Å². The van der Waals surface area contributed by atoms with Crippen LogP contribution in [0, 0.1) is 0 Å². The van der Waals surface area contributed by atoms with Crippen LogP contribution < -0.4 is 20.5 Å². The Morgan fingerprint density at radius 3 is 1.47 bits per heavy atom. The van der Waals surface area contributed by atoms with Gasteiger partial charge >= 0.3 is 5.97 Å². The highest BCUT2D eigenvalue weighted by molar-refractivity contribution is 6.01. The summed E-state index contributed by atoms with van der Waals surface area (Å²) in [5.74, 6) is -0.323. The number of fused-ring (bicyclic) bond motifs is 2. The molecule has 2 aromatic heterocycles. The van der Waals surface area contributed by atoms with Crippen LogP contribution in [0.25, 0.3) is 44.1 Å². The smallest absolute Gasteiger partial charge is 0.307 e. The number of nitrogens with two attached hydrogens (primary N) is 1. The number of carboxylic acid groups (broad SMARTS) is 1. The minimum atomic E-state index is -0.880. The van der Waals surface area contributed by atoms with Gasteiger partial charge in [0.1, 0.15) is 24.7 Å². The molecule has 0 aliphatic carbocycles. The van der Waals surface area contributed by atoms with Gasteiger partial charge in [-0.1, -0.05) is 161 Å². The number of hydrogen-bond donors (Lipinski definition) is 4. The van der Waals surface area contributed by atoms with E-state index in [2.05, 4.69) is 53.4 Å². The van der Waals surface area contributed by atoms with E-state index in [9.17, 15) is 24.3 Å². The average molecular weight is 1010 g/mol. The van der Waals surface area contributed by atoms with Crippen LogP contribution in [0.4, 0.5) is 0 Å². The Bertz CT molecular complexity index is 3080. The van der Waals surface area contributed by atoms with Crippen LogP contribution in [0.5, 0.6) is 11.5 Å². The Kier molecular flexibility index (Phi) is 22.5. The van der Waals surface area contributed by atoms with Gasteiger partial charge in [-0.25, -0.2) is 0 Å². The van der Waals surface area contributed by atoms with Crippen molar-refractivity contribution in [3.63, 3.8) is 0 Å². The molecule has 0 bridgehead atoms. The maximum atomic E-state index is 12.7. The Labute approximate surface area is 439 Å². The number of nitrogens with one attached hydrogen (secondary N) is 1. The van der Waals surface area contributed by atoms with Crippen LogP contribution in [0.2, 0.25) is 0 Å². The molecule has 1 saturated heterocycles. The lowest BCUT2D eigenvalue weighted by Crippen LogP contribution is -2.26. The first-order valence-electron chi connectivity index (χ1n) is 25.6. The monoisotopic (exact) mass is 1010 g/mol. The number of aliphatic carboxylic acids is 1. The second-order valence-electron chi connectivity index (χ2n) is 17.9. The maximum absolute atomic E-state index is 12.7. The molecule has 0 unspecified atom stereocenters. The number of nitrogens with zero attached hydrogens (tertiary/aromatic N) is 3. The van der Waals surface area contributed by atoms with Crippen LogP contribution >= 0.6 is 0 Å². The first kappa shape index (κ1) is 56.0. The van der Waals surface area contributed by atoms with Gasteiger partial charge in [0.25, 0.3) is 11.8 Å². The van der Waals surface area contributed by atoms with Crippen molar-refractivity contribution in [2.45, 2.75) is 91.3 Å². The second-order valence-corrected chi connectivity index (χ2v) is 17.9. The molecule has 1 fully saturated rings. The van der Waals surface area contributed by atoms with Crippen molar-refractivity contribution in [2.24, 2.45) is 5.73 Å². The van der Waals surface area contributed by atoms with Crippen molar-refractivity contribution in [3.05, 3.63) is 192 Å². The molecule has 3 amide bonds. The Balaban J connectivity index is 0.000000195. The van der Waals surface area contributed by atoms with Crippen molar-refractivity contribution in [1.29, 1.82) is 0 Å². The van der Waals surface area contributed by atoms with Crippen LogP contribution in [0.1, 0.15) is 87.5 Å². The molecule has 0 radical (unpaired) electrons. The molecule has 6 aromatic carbocycles. The number of para-hydroxylation sites is 2. The Morgan fingerprint density at radius 2 is 1.04 bits per heavy atom. The zero-order chi connectivity index (χ0) is 53.2. The summed E-state index contributed by atoms with van der Waals surface area (Å²) in [5, 5.41) is 22.9. The topological polar surface area (TPSA) is 194 Å². The number of hydrogen-bond acceptors (Lipinski definition) is 10. The summed E-state index contributed by atoms with van der Waals surface area (Å²) < 4.78 is 12.0. The SMILES string of the molecule is CCCCCN.CCCCCNC(=O)Cc1cnc2ccccc2c1-c1cccc(OCc2ccccc2)c1.O=C(O)Cc1cnc2ccccc2c1-c1cccc(OCc2ccccc2)c1.O=C1CCC(=O)N1O. The standard InChI is InChI=1S/C29H30N2O2.C24H19NO3.C5H13N.C4H5NO3/c1-2-3-9-17-30-28(32)19-24-20-31-27-16-8-7-15-26(27)29(24)23-13-10-14-25(18-23)33-21-22-11-5-4-6-12-22;26-23(27)14-19-15-25-22-12-5-4-11-21(22)24(19)18-9-6-10-20(13-18)28-16-17-7-2-1-3-8-17;1-2-3-4-5-6;6-3-1-2-4(7)5(3)8/h4-8,10-16,18,20H,2-3,9,17,19,21H2,1H3,(H,30,32);1-13,15H,14,16H2,(H,26,27);2-6H2,1H3;8H,1-2H2. The summed E-state index contributed by atoms with van der Waals surface area (Å²) in [6, 6.07) is 51.8. The number of imide groups is 1. The predicted molar refractivity (Wildman–Crippen MR) is 295 cm³/mol. The van der Waals surface area contributed by atoms with Crippen molar-refractivity contribution in [1.82, 2.24) is 20.3 Å². The van der Waals surface area contributed by atoms with Crippen molar-refractivity contribution >= 4 is 45.5 Å². The van der Waals surface area contributed by atoms with E-state index in [0.29, 0.717) is 31.7 Å². The molecule has 0 atom stereocenters. The van der Waals surface area contributed by atoms with E-state index in [1.165, 1.54) is 19.3 Å². The summed E-state index contributed by atoms with van der Waals surface area (Å²) >= 11 is 0. The Hall–Kier alpha value is -8.26. The second kappa shape index (κ2) is 30.1. The van der Waals surface area contributed by atoms with Crippen LogP contribution in [0.15, 0.2) is 170 Å². The van der Waals surface area contributed by atoms with Crippen LogP contribution in [-0.4, -0.2) is 62.1 Å². The summed E-state index contributed by atoms with van der Waals surface area (Å²) in [7, 11) is 0. The van der Waals surface area contributed by atoms with E-state index in [1.54, 1.807) is 6.20 Å². The van der Waals surface area contributed by atoms with Gasteiger partial charge in [-0.3, -0.25) is 34.4 Å². The lowest BCUT2D eigenvalue weighted by atomic mass is 9.94. The minimum absolute atomic E-state index is 0.0286. The quantitative estimate of drug-likeness (QED) is 0.0342. The molecular weight excluding hydrogens is 943 g/mol. The van der Waals surface area contributed by atoms with Crippen LogP contribution in [-0.2, 0) is 45.2 Å². The normalized spacial score (nSPS) is 11.7. The summed E-state index contributed by atoms with van der Waals surface area (Å²) in [6.07, 6.45) is 11.0. The van der Waals surface area contributed by atoms with Gasteiger partial charge in [0.15, 0.2) is 0 Å². The highest BCUT2D eigenvalue weighted by Crippen LogP contribution is 2.35. The molecule has 8 aromatic rings. The summed E-state index contributed by atoms with van der Waals surface area (Å²) in [6.45, 7) is 6.89. The number of rotatable bonds is 19. The van der Waals surface area contributed by atoms with E-state index in [4.69, 9.17) is 20.4 Å². The zero-order valence-electron chi connectivity index (χ0n) is 42.8. The molecule has 13 heteroatoms. The van der Waals surface area contributed by atoms with Gasteiger partial charge in [-0.15, -0.1) is 0 Å². The van der Waals surface area contributed by atoms with Gasteiger partial charge in [0, 0.05) is 42.6 Å². The number of unbranched alkanes of at least 4 members (excludes halogenated alkanes) is 4. The summed E-state index contributed by atoms with van der Waals surface area (Å²) in [4.78, 5) is 53.5. The number of pyridine rings is 2. The Morgan fingerprint density at radius 1 is 0.587 bits per heavy atom. The van der Waals surface area contributed by atoms with Gasteiger partial charge < -0.3 is 25.6 Å². The number of carbonyl (C=O) groups excluding carboxylic acids is 3. The van der Waals surface area contributed by atoms with E-state index in [1.807, 2.05) is 140 Å². The summed E-state index contributed by atoms with van der Waals surface area (Å²) in [5.41, 5.74) is 14.6. The lowest BCUT2D eigenvalue weighted by molar-refractivity contribution is -0.171. The number of carboxylic acids is 1. The van der Waals surface area contributed by atoms with E-state index in [0.717, 1.165) is 98.1 Å². The van der Waals surface area contributed by atoms with E-state index < -0.39 is 17.8 Å². The molecule has 388 valence electrons. The molecule has 13 nitrogen and oxygen atoms in total. The molecule has 0 saturated carbocycles. The highest BCUT2D eigenvalue weighted by atomic mass is 16.5. The molecule has 1 aliphatic rings. The van der Waals surface area contributed by atoms with Crippen molar-refractivity contribution in [2.75, 3.05) is 13.1 Å². The third-order valence-electron chi connectivity index (χ3n) is 12.1. The maximum Gasteiger partial charge on any atom is 0.307 e. The minimum Gasteiger partial charge on any atom is -0.489 e. The average Bonchev–Trinajstić information content (AvgIpc) is 3.74. The predicted octanol–water partition coefficient (Wildman–Crippen LogP) is 12.1. The molecule has 9 rings (SSSR count). The van der Waals surface area contributed by atoms with Crippen molar-refractivity contribution in [3.8, 4) is 33.8 Å². The lowest BCUT2D eigenvalue weighted by Gasteiger charge is -2.15. The van der Waals surface area contributed by atoms with Gasteiger partial charge in [0.2, 0.25) is 5.91 Å². The molecule has 0 spiro atoms. The number of amides is 3. The third kappa shape index (κ3) is 17.4. The number of carbonyl (C=O) groups is 4. The van der Waals surface area contributed by atoms with Crippen LogP contribution in [0.3, 0.4) is 0 Å².